The van der Waals surface area contributed by atoms with Gasteiger partial charge in [0.2, 0.25) is 5.95 Å². The van der Waals surface area contributed by atoms with Gasteiger partial charge in [-0.25, -0.2) is 9.78 Å². The lowest BCUT2D eigenvalue weighted by Gasteiger charge is -2.10. The van der Waals surface area contributed by atoms with Gasteiger partial charge in [0.15, 0.2) is 5.65 Å². The maximum absolute atomic E-state index is 12.7. The molecule has 8 heteroatoms. The zero-order valence-electron chi connectivity index (χ0n) is 13.1. The normalized spacial score (nSPS) is 11.4. The first-order valence-electron chi connectivity index (χ1n) is 7.28. The minimum Gasteiger partial charge on any atom is -0.368 e. The third-order valence-corrected chi connectivity index (χ3v) is 4.16. The molecular weight excluding hydrogens is 308 g/mol. The van der Waals surface area contributed by atoms with E-state index in [1.807, 2.05) is 24.3 Å². The molecule has 3 N–H and O–H groups in total. The van der Waals surface area contributed by atoms with Crippen molar-refractivity contribution in [3.05, 3.63) is 51.3 Å². The topological polar surface area (TPSA) is 112 Å². The molecule has 0 aliphatic rings. The summed E-state index contributed by atoms with van der Waals surface area (Å²) in [5, 5.41) is 1.17. The van der Waals surface area contributed by atoms with E-state index in [0.29, 0.717) is 5.69 Å². The number of nitrogens with two attached hydrogens (primary N) is 1. The summed E-state index contributed by atoms with van der Waals surface area (Å²) >= 11 is 0. The predicted octanol–water partition coefficient (Wildman–Crippen LogP) is 0.758. The van der Waals surface area contributed by atoms with Gasteiger partial charge in [-0.1, -0.05) is 18.2 Å². The molecule has 0 spiro atoms. The third-order valence-electron chi connectivity index (χ3n) is 4.16. The number of hydrogen-bond donors (Lipinski definition) is 2. The van der Waals surface area contributed by atoms with E-state index >= 15 is 0 Å². The number of hydrogen-bond acceptors (Lipinski definition) is 5. The Bertz CT molecular complexity index is 1230. The zero-order valence-corrected chi connectivity index (χ0v) is 13.1. The Labute approximate surface area is 135 Å². The van der Waals surface area contributed by atoms with Gasteiger partial charge in [-0.3, -0.25) is 13.9 Å². The van der Waals surface area contributed by atoms with Gasteiger partial charge in [-0.05, 0) is 6.07 Å². The van der Waals surface area contributed by atoms with Crippen LogP contribution in [0.4, 0.5) is 5.95 Å². The number of nitrogen functional groups attached to an aromatic ring is 1. The van der Waals surface area contributed by atoms with Crippen molar-refractivity contribution in [1.29, 1.82) is 0 Å². The average Bonchev–Trinajstić information content (AvgIpc) is 3.01. The lowest BCUT2D eigenvalue weighted by atomic mass is 10.1. The molecule has 0 radical (unpaired) electrons. The average molecular weight is 322 g/mol. The van der Waals surface area contributed by atoms with Gasteiger partial charge in [0.1, 0.15) is 5.39 Å². The quantitative estimate of drug-likeness (QED) is 0.537. The Kier molecular flexibility index (Phi) is 2.83. The molecule has 0 atom stereocenters. The number of nitrogens with zero attached hydrogens (tertiary/aromatic N) is 4. The van der Waals surface area contributed by atoms with Gasteiger partial charge in [-0.15, -0.1) is 0 Å². The van der Waals surface area contributed by atoms with E-state index in [1.54, 1.807) is 13.2 Å². The third kappa shape index (κ3) is 1.79. The van der Waals surface area contributed by atoms with Crippen LogP contribution in [0.5, 0.6) is 0 Å². The maximum atomic E-state index is 12.7. The van der Waals surface area contributed by atoms with Crippen molar-refractivity contribution in [2.45, 2.75) is 0 Å². The second-order valence-corrected chi connectivity index (χ2v) is 5.58. The van der Waals surface area contributed by atoms with Crippen LogP contribution in [0, 0.1) is 0 Å². The molecule has 4 rings (SSSR count). The van der Waals surface area contributed by atoms with Crippen LogP contribution < -0.4 is 17.0 Å². The molecule has 0 bridgehead atoms. The van der Waals surface area contributed by atoms with Gasteiger partial charge < -0.3 is 10.7 Å². The van der Waals surface area contributed by atoms with Crippen LogP contribution >= 0.6 is 0 Å². The summed E-state index contributed by atoms with van der Waals surface area (Å²) in [4.78, 5) is 36.4. The molecule has 1 aromatic carbocycles. The highest BCUT2D eigenvalue weighted by atomic mass is 16.2. The molecule has 0 aliphatic heterocycles. The lowest BCUT2D eigenvalue weighted by molar-refractivity contribution is 0.707. The summed E-state index contributed by atoms with van der Waals surface area (Å²) in [7, 11) is 2.98. The van der Waals surface area contributed by atoms with Crippen LogP contribution in [0.15, 0.2) is 40.1 Å². The van der Waals surface area contributed by atoms with E-state index in [0.717, 1.165) is 21.0 Å². The highest BCUT2D eigenvalue weighted by Gasteiger charge is 2.19. The van der Waals surface area contributed by atoms with Crippen LogP contribution in [0.3, 0.4) is 0 Å². The molecular formula is C16H14N6O2. The highest BCUT2D eigenvalue weighted by molar-refractivity contribution is 6.01. The summed E-state index contributed by atoms with van der Waals surface area (Å²) < 4.78 is 2.34. The Hall–Kier alpha value is -3.42. The Morgan fingerprint density at radius 3 is 2.62 bits per heavy atom. The lowest BCUT2D eigenvalue weighted by Crippen LogP contribution is -2.37. The van der Waals surface area contributed by atoms with Crippen LogP contribution in [-0.4, -0.2) is 24.1 Å². The van der Waals surface area contributed by atoms with Crippen molar-refractivity contribution in [2.24, 2.45) is 14.1 Å². The number of anilines is 1. The number of nitrogens with one attached hydrogen (secondary N) is 1. The van der Waals surface area contributed by atoms with Crippen LogP contribution in [0.2, 0.25) is 0 Å². The number of aryl methyl sites for hydroxylation is 1. The minimum absolute atomic E-state index is 0.00559. The molecule has 0 saturated carbocycles. The van der Waals surface area contributed by atoms with Gasteiger partial charge in [0.25, 0.3) is 5.56 Å². The molecule has 3 aromatic heterocycles. The fourth-order valence-corrected chi connectivity index (χ4v) is 2.94. The maximum Gasteiger partial charge on any atom is 0.332 e. The van der Waals surface area contributed by atoms with Crippen molar-refractivity contribution in [1.82, 2.24) is 24.1 Å². The van der Waals surface area contributed by atoms with Crippen molar-refractivity contribution in [3.63, 3.8) is 0 Å². The first-order chi connectivity index (χ1) is 11.5. The molecule has 8 nitrogen and oxygen atoms in total. The Morgan fingerprint density at radius 2 is 1.83 bits per heavy atom. The highest BCUT2D eigenvalue weighted by Crippen LogP contribution is 2.30. The van der Waals surface area contributed by atoms with Gasteiger partial charge in [0.05, 0.1) is 5.69 Å². The summed E-state index contributed by atoms with van der Waals surface area (Å²) in [6.07, 6.45) is 1.77. The number of para-hydroxylation sites is 1. The molecule has 0 saturated heterocycles. The van der Waals surface area contributed by atoms with Crippen LogP contribution in [-0.2, 0) is 14.1 Å². The van der Waals surface area contributed by atoms with Crippen LogP contribution in [0.25, 0.3) is 33.2 Å². The fraction of sp³-hybridized carbons (Fsp3) is 0.125. The number of benzene rings is 1. The second-order valence-electron chi connectivity index (χ2n) is 5.58. The van der Waals surface area contributed by atoms with E-state index < -0.39 is 11.2 Å². The predicted molar refractivity (Wildman–Crippen MR) is 91.7 cm³/mol. The monoisotopic (exact) mass is 322 g/mol. The van der Waals surface area contributed by atoms with Gasteiger partial charge in [0, 0.05) is 36.8 Å². The molecule has 0 amide bonds. The number of aromatic amines is 1. The molecule has 4 aromatic rings. The number of aromatic nitrogens is 5. The van der Waals surface area contributed by atoms with Gasteiger partial charge in [-0.2, -0.15) is 4.98 Å². The molecule has 0 fully saturated rings. The molecule has 120 valence electrons. The van der Waals surface area contributed by atoms with Crippen molar-refractivity contribution >= 4 is 27.9 Å². The van der Waals surface area contributed by atoms with E-state index in [9.17, 15) is 9.59 Å². The van der Waals surface area contributed by atoms with Crippen molar-refractivity contribution < 1.29 is 0 Å². The second kappa shape index (κ2) is 4.79. The molecule has 0 aliphatic carbocycles. The van der Waals surface area contributed by atoms with E-state index in [2.05, 4.69) is 15.0 Å². The Balaban J connectivity index is 2.25. The van der Waals surface area contributed by atoms with E-state index in [4.69, 9.17) is 5.73 Å². The summed E-state index contributed by atoms with van der Waals surface area (Å²) in [6.45, 7) is 0. The minimum atomic E-state index is -0.463. The Morgan fingerprint density at radius 1 is 1.08 bits per heavy atom. The van der Waals surface area contributed by atoms with Gasteiger partial charge >= 0.3 is 5.69 Å². The fourth-order valence-electron chi connectivity index (χ4n) is 2.94. The SMILES string of the molecule is Cn1c(=O)c2c(-c3c[nH]c4ccccc34)nc(N)nc2n(C)c1=O. The zero-order chi connectivity index (χ0) is 17.0. The summed E-state index contributed by atoms with van der Waals surface area (Å²) in [6, 6.07) is 7.68. The summed E-state index contributed by atoms with van der Waals surface area (Å²) in [5.74, 6) is 0.00559. The molecule has 0 unspecified atom stereocenters. The largest absolute Gasteiger partial charge is 0.368 e. The molecule has 3 heterocycles. The van der Waals surface area contributed by atoms with Crippen molar-refractivity contribution in [2.75, 3.05) is 5.73 Å². The standard InChI is InChI=1S/C16H14N6O2/c1-21-13-11(14(23)22(2)16(21)24)12(19-15(17)20-13)9-7-18-10-6-4-3-5-8(9)10/h3-7,18H,1-2H3,(H2,17,19,20). The van der Waals surface area contributed by atoms with E-state index in [1.165, 1.54) is 11.6 Å². The molecule has 24 heavy (non-hydrogen) atoms. The van der Waals surface area contributed by atoms with E-state index in [-0.39, 0.29) is 17.0 Å². The number of fused-ring (bicyclic) bond motifs is 2. The summed E-state index contributed by atoms with van der Waals surface area (Å²) in [5.41, 5.74) is 7.19. The first-order valence-corrected chi connectivity index (χ1v) is 7.28. The number of H-pyrrole nitrogens is 1. The smallest absolute Gasteiger partial charge is 0.332 e. The first kappa shape index (κ1) is 14.2. The van der Waals surface area contributed by atoms with Crippen molar-refractivity contribution in [3.8, 4) is 11.3 Å². The number of rotatable bonds is 1. The van der Waals surface area contributed by atoms with Crippen LogP contribution in [0.1, 0.15) is 0 Å².